The van der Waals surface area contributed by atoms with Gasteiger partial charge in [0.1, 0.15) is 11.5 Å². The molecule has 5 nitrogen and oxygen atoms in total. The molecule has 0 N–H and O–H groups in total. The van der Waals surface area contributed by atoms with Crippen molar-refractivity contribution in [1.82, 2.24) is 0 Å². The molecule has 3 rings (SSSR count). The van der Waals surface area contributed by atoms with Gasteiger partial charge in [-0.1, -0.05) is 50.2 Å². The Morgan fingerprint density at radius 2 is 1.14 bits per heavy atom. The highest BCUT2D eigenvalue weighted by molar-refractivity contribution is 7.85. The molecule has 0 saturated carbocycles. The van der Waals surface area contributed by atoms with Crippen molar-refractivity contribution in [3.63, 3.8) is 0 Å². The van der Waals surface area contributed by atoms with E-state index in [0.29, 0.717) is 40.1 Å². The summed E-state index contributed by atoms with van der Waals surface area (Å²) in [6.07, 6.45) is 1.16. The molecule has 3 aromatic carbocycles. The third-order valence-corrected chi connectivity index (χ3v) is 8.85. The van der Waals surface area contributed by atoms with E-state index in [1.807, 2.05) is 48.5 Å². The fraction of sp³-hybridized carbons (Fsp3) is 0.367. The standard InChI is InChI=1S/C30H36O5S2/c1-29(2,23-34-24-11-7-5-8-12-24)19-21-36(32)26-15-17-27(18-16-26)37(33)22-20-30(3,4)28(31)35-25-13-9-6-10-14-25/h5-18H,19-23H2,1-4H3. The van der Waals surface area contributed by atoms with E-state index in [4.69, 9.17) is 9.47 Å². The molecule has 0 heterocycles. The third kappa shape index (κ3) is 9.24. The normalized spacial score (nSPS) is 13.5. The maximum absolute atomic E-state index is 12.9. The Balaban J connectivity index is 1.47. The lowest BCUT2D eigenvalue weighted by molar-refractivity contribution is -0.144. The Bertz CT molecular complexity index is 1190. The van der Waals surface area contributed by atoms with Gasteiger partial charge in [0.25, 0.3) is 0 Å². The minimum Gasteiger partial charge on any atom is -0.493 e. The zero-order chi connectivity index (χ0) is 26.9. The number of carbonyl (C=O) groups is 1. The van der Waals surface area contributed by atoms with E-state index >= 15 is 0 Å². The molecule has 0 radical (unpaired) electrons. The highest BCUT2D eigenvalue weighted by atomic mass is 32.2. The Kier molecular flexibility index (Phi) is 10.2. The van der Waals surface area contributed by atoms with E-state index in [0.717, 1.165) is 12.2 Å². The van der Waals surface area contributed by atoms with Crippen LogP contribution in [0.2, 0.25) is 0 Å². The molecular weight excluding hydrogens is 504 g/mol. The first-order valence-corrected chi connectivity index (χ1v) is 15.0. The van der Waals surface area contributed by atoms with Crippen LogP contribution in [0.5, 0.6) is 11.5 Å². The van der Waals surface area contributed by atoms with E-state index in [-0.39, 0.29) is 11.4 Å². The van der Waals surface area contributed by atoms with Crippen LogP contribution in [0, 0.1) is 10.8 Å². The monoisotopic (exact) mass is 540 g/mol. The molecule has 0 aliphatic rings. The molecule has 0 amide bonds. The summed E-state index contributed by atoms with van der Waals surface area (Å²) >= 11 is 0. The van der Waals surface area contributed by atoms with Crippen molar-refractivity contribution in [3.8, 4) is 11.5 Å². The lowest BCUT2D eigenvalue weighted by atomic mass is 9.90. The van der Waals surface area contributed by atoms with Crippen molar-refractivity contribution >= 4 is 27.6 Å². The summed E-state index contributed by atoms with van der Waals surface area (Å²) in [5.74, 6) is 1.83. The van der Waals surface area contributed by atoms with Crippen molar-refractivity contribution < 1.29 is 22.7 Å². The van der Waals surface area contributed by atoms with E-state index < -0.39 is 27.0 Å². The predicted molar refractivity (Wildman–Crippen MR) is 150 cm³/mol. The second-order valence-electron chi connectivity index (χ2n) is 10.4. The molecular formula is C30H36O5S2. The zero-order valence-electron chi connectivity index (χ0n) is 22.0. The minimum atomic E-state index is -1.28. The molecule has 0 fully saturated rings. The Morgan fingerprint density at radius 1 is 0.676 bits per heavy atom. The SMILES string of the molecule is CC(C)(CCS(=O)c1ccc(S(=O)CCC(C)(C)C(=O)Oc2ccccc2)cc1)COc1ccccc1. The molecule has 2 unspecified atom stereocenters. The second kappa shape index (κ2) is 13.2. The zero-order valence-corrected chi connectivity index (χ0v) is 23.6. The number of hydrogen-bond donors (Lipinski definition) is 0. The summed E-state index contributed by atoms with van der Waals surface area (Å²) in [6, 6.07) is 25.7. The number of ether oxygens (including phenoxy) is 2. The molecule has 0 aromatic heterocycles. The van der Waals surface area contributed by atoms with E-state index in [1.165, 1.54) is 0 Å². The molecule has 0 spiro atoms. The number of hydrogen-bond acceptors (Lipinski definition) is 5. The summed E-state index contributed by atoms with van der Waals surface area (Å²) in [4.78, 5) is 14.0. The summed E-state index contributed by atoms with van der Waals surface area (Å²) in [5, 5.41) is 0. The van der Waals surface area contributed by atoms with Crippen LogP contribution >= 0.6 is 0 Å². The molecule has 7 heteroatoms. The van der Waals surface area contributed by atoms with Crippen LogP contribution in [0.25, 0.3) is 0 Å². The van der Waals surface area contributed by atoms with Gasteiger partial charge in [0.15, 0.2) is 0 Å². The molecule has 0 saturated heterocycles. The largest absolute Gasteiger partial charge is 0.493 e. The van der Waals surface area contributed by atoms with Crippen LogP contribution in [0.1, 0.15) is 40.5 Å². The van der Waals surface area contributed by atoms with E-state index in [2.05, 4.69) is 13.8 Å². The Hall–Kier alpha value is -2.77. The highest BCUT2D eigenvalue weighted by Crippen LogP contribution is 2.27. The van der Waals surface area contributed by atoms with Crippen molar-refractivity contribution in [2.45, 2.75) is 50.3 Å². The van der Waals surface area contributed by atoms with Crippen molar-refractivity contribution in [2.24, 2.45) is 10.8 Å². The molecule has 0 aliphatic carbocycles. The van der Waals surface area contributed by atoms with Crippen LogP contribution in [0.3, 0.4) is 0 Å². The first-order valence-electron chi connectivity index (χ1n) is 12.4. The number of carbonyl (C=O) groups excluding carboxylic acids is 1. The fourth-order valence-electron chi connectivity index (χ4n) is 3.40. The fourth-order valence-corrected chi connectivity index (χ4v) is 6.18. The van der Waals surface area contributed by atoms with Crippen LogP contribution < -0.4 is 9.47 Å². The Labute approximate surface area is 225 Å². The van der Waals surface area contributed by atoms with Gasteiger partial charge in [0.05, 0.1) is 33.6 Å². The minimum absolute atomic E-state index is 0.124. The predicted octanol–water partition coefficient (Wildman–Crippen LogP) is 6.42. The average Bonchev–Trinajstić information content (AvgIpc) is 2.90. The van der Waals surface area contributed by atoms with Crippen LogP contribution in [-0.4, -0.2) is 32.5 Å². The van der Waals surface area contributed by atoms with E-state index in [9.17, 15) is 13.2 Å². The van der Waals surface area contributed by atoms with Crippen LogP contribution in [0.15, 0.2) is 94.7 Å². The molecule has 0 aliphatic heterocycles. The maximum Gasteiger partial charge on any atom is 0.316 e. The molecule has 198 valence electrons. The van der Waals surface area contributed by atoms with Gasteiger partial charge in [0.2, 0.25) is 0 Å². The molecule has 3 aromatic rings. The summed E-state index contributed by atoms with van der Waals surface area (Å²) in [5.41, 5.74) is -0.897. The van der Waals surface area contributed by atoms with Crippen molar-refractivity contribution in [3.05, 3.63) is 84.9 Å². The summed E-state index contributed by atoms with van der Waals surface area (Å²) in [7, 11) is -2.44. The van der Waals surface area contributed by atoms with Gasteiger partial charge in [-0.3, -0.25) is 13.2 Å². The quantitative estimate of drug-likeness (QED) is 0.185. The number of para-hydroxylation sites is 2. The van der Waals surface area contributed by atoms with Gasteiger partial charge in [-0.15, -0.1) is 0 Å². The molecule has 37 heavy (non-hydrogen) atoms. The van der Waals surface area contributed by atoms with Gasteiger partial charge < -0.3 is 9.47 Å². The van der Waals surface area contributed by atoms with Crippen molar-refractivity contribution in [1.29, 1.82) is 0 Å². The lowest BCUT2D eigenvalue weighted by Gasteiger charge is -2.24. The third-order valence-electron chi connectivity index (χ3n) is 6.11. The van der Waals surface area contributed by atoms with Gasteiger partial charge in [-0.05, 0) is 80.6 Å². The molecule has 0 bridgehead atoms. The summed E-state index contributed by atoms with van der Waals surface area (Å²) in [6.45, 7) is 8.36. The number of rotatable bonds is 13. The van der Waals surface area contributed by atoms with Gasteiger partial charge in [-0.25, -0.2) is 0 Å². The van der Waals surface area contributed by atoms with Crippen LogP contribution in [0.4, 0.5) is 0 Å². The maximum atomic E-state index is 12.9. The van der Waals surface area contributed by atoms with Crippen LogP contribution in [-0.2, 0) is 26.4 Å². The van der Waals surface area contributed by atoms with Crippen molar-refractivity contribution in [2.75, 3.05) is 18.1 Å². The van der Waals surface area contributed by atoms with Gasteiger partial charge in [-0.2, -0.15) is 0 Å². The lowest BCUT2D eigenvalue weighted by Crippen LogP contribution is -2.30. The second-order valence-corrected chi connectivity index (χ2v) is 13.6. The molecule has 2 atom stereocenters. The van der Waals surface area contributed by atoms with E-state index in [1.54, 1.807) is 50.2 Å². The summed E-state index contributed by atoms with van der Waals surface area (Å²) < 4.78 is 37.1. The smallest absolute Gasteiger partial charge is 0.316 e. The first kappa shape index (κ1) is 28.8. The number of benzene rings is 3. The first-order chi connectivity index (χ1) is 17.6. The number of esters is 1. The highest BCUT2D eigenvalue weighted by Gasteiger charge is 2.30. The van der Waals surface area contributed by atoms with Gasteiger partial charge >= 0.3 is 5.97 Å². The Morgan fingerprint density at radius 3 is 1.65 bits per heavy atom. The average molecular weight is 541 g/mol. The topological polar surface area (TPSA) is 69.7 Å². The van der Waals surface area contributed by atoms with Gasteiger partial charge in [0, 0.05) is 21.3 Å².